The van der Waals surface area contributed by atoms with E-state index in [9.17, 15) is 0 Å². The van der Waals surface area contributed by atoms with Gasteiger partial charge in [-0.2, -0.15) is 15.0 Å². The second kappa shape index (κ2) is 6.00. The van der Waals surface area contributed by atoms with Gasteiger partial charge >= 0.3 is 6.01 Å². The van der Waals surface area contributed by atoms with Crippen molar-refractivity contribution < 1.29 is 4.74 Å². The molecule has 0 saturated heterocycles. The van der Waals surface area contributed by atoms with Crippen LogP contribution in [0.5, 0.6) is 6.01 Å². The average Bonchev–Trinajstić information content (AvgIpc) is 3.10. The summed E-state index contributed by atoms with van der Waals surface area (Å²) < 4.78 is 5.47. The van der Waals surface area contributed by atoms with Crippen LogP contribution in [-0.2, 0) is 0 Å². The zero-order valence-corrected chi connectivity index (χ0v) is 10.7. The molecular weight excluding hydrogens is 240 g/mol. The normalized spacial score (nSPS) is 14.7. The average molecular weight is 257 g/mol. The first-order valence-electron chi connectivity index (χ1n) is 6.06. The summed E-state index contributed by atoms with van der Waals surface area (Å²) in [5.74, 6) is 1.32. The predicted octanol–water partition coefficient (Wildman–Crippen LogP) is 2.53. The van der Waals surface area contributed by atoms with E-state index in [2.05, 4.69) is 27.2 Å². The molecule has 1 fully saturated rings. The first-order chi connectivity index (χ1) is 8.28. The van der Waals surface area contributed by atoms with Gasteiger partial charge < -0.3 is 10.1 Å². The minimum atomic E-state index is 0.167. The zero-order valence-electron chi connectivity index (χ0n) is 9.95. The van der Waals surface area contributed by atoms with Crippen molar-refractivity contribution in [2.75, 3.05) is 18.5 Å². The summed E-state index contributed by atoms with van der Waals surface area (Å²) in [6.45, 7) is 3.53. The smallest absolute Gasteiger partial charge is 0.322 e. The summed E-state index contributed by atoms with van der Waals surface area (Å²) in [4.78, 5) is 12.1. The molecule has 1 heterocycles. The molecule has 1 N–H and O–H groups in total. The second-order valence-electron chi connectivity index (χ2n) is 4.22. The molecule has 1 aromatic rings. The molecule has 1 aromatic heterocycles. The van der Waals surface area contributed by atoms with Crippen molar-refractivity contribution in [2.45, 2.75) is 32.6 Å². The second-order valence-corrected chi connectivity index (χ2v) is 4.56. The summed E-state index contributed by atoms with van der Waals surface area (Å²) in [7, 11) is 0. The molecule has 2 rings (SSSR count). The van der Waals surface area contributed by atoms with Crippen LogP contribution in [0.1, 0.15) is 32.6 Å². The van der Waals surface area contributed by atoms with E-state index in [0.29, 0.717) is 18.6 Å². The van der Waals surface area contributed by atoms with Crippen molar-refractivity contribution in [2.24, 2.45) is 5.92 Å². The Hall–Kier alpha value is -1.10. The fourth-order valence-corrected chi connectivity index (χ4v) is 1.59. The Bertz CT molecular complexity index is 370. The Morgan fingerprint density at radius 3 is 2.88 bits per heavy atom. The lowest BCUT2D eigenvalue weighted by Crippen LogP contribution is -2.08. The number of ether oxygens (including phenoxy) is 1. The first kappa shape index (κ1) is 12.4. The number of aromatic nitrogens is 3. The lowest BCUT2D eigenvalue weighted by molar-refractivity contribution is 0.279. The van der Waals surface area contributed by atoms with Crippen LogP contribution in [0.4, 0.5) is 5.95 Å². The van der Waals surface area contributed by atoms with Gasteiger partial charge in [-0.25, -0.2) is 0 Å². The van der Waals surface area contributed by atoms with Crippen LogP contribution in [0.2, 0.25) is 5.28 Å². The zero-order chi connectivity index (χ0) is 12.1. The molecule has 0 spiro atoms. The molecule has 1 saturated carbocycles. The van der Waals surface area contributed by atoms with Crippen molar-refractivity contribution in [3.8, 4) is 6.01 Å². The van der Waals surface area contributed by atoms with Gasteiger partial charge in [-0.1, -0.05) is 19.8 Å². The summed E-state index contributed by atoms with van der Waals surface area (Å²) >= 11 is 5.80. The monoisotopic (exact) mass is 256 g/mol. The lowest BCUT2D eigenvalue weighted by atomic mass is 10.3. The summed E-state index contributed by atoms with van der Waals surface area (Å²) in [5, 5.41) is 3.23. The van der Waals surface area contributed by atoms with Crippen molar-refractivity contribution >= 4 is 17.5 Å². The fraction of sp³-hybridized carbons (Fsp3) is 0.727. The van der Waals surface area contributed by atoms with Crippen molar-refractivity contribution in [1.29, 1.82) is 0 Å². The lowest BCUT2D eigenvalue weighted by Gasteiger charge is -2.06. The molecule has 0 radical (unpaired) electrons. The van der Waals surface area contributed by atoms with E-state index in [1.807, 2.05) is 0 Å². The number of anilines is 1. The maximum absolute atomic E-state index is 5.80. The van der Waals surface area contributed by atoms with Gasteiger partial charge in [-0.15, -0.1) is 0 Å². The van der Waals surface area contributed by atoms with Crippen LogP contribution in [0.15, 0.2) is 0 Å². The maximum Gasteiger partial charge on any atom is 0.322 e. The maximum atomic E-state index is 5.80. The molecule has 1 aliphatic rings. The Morgan fingerprint density at radius 1 is 1.35 bits per heavy atom. The van der Waals surface area contributed by atoms with Gasteiger partial charge in [0.05, 0.1) is 6.61 Å². The van der Waals surface area contributed by atoms with E-state index in [4.69, 9.17) is 16.3 Å². The standard InChI is InChI=1S/C11H17ClN4O/c1-2-6-13-10-14-9(12)15-11(16-10)17-7-5-8-3-4-8/h8H,2-7H2,1H3,(H,13,14,15,16). The van der Waals surface area contributed by atoms with Crippen LogP contribution in [0.25, 0.3) is 0 Å². The van der Waals surface area contributed by atoms with Crippen LogP contribution in [0, 0.1) is 5.92 Å². The SMILES string of the molecule is CCCNc1nc(Cl)nc(OCCC2CC2)n1. The van der Waals surface area contributed by atoms with Crippen LogP contribution >= 0.6 is 11.6 Å². The number of nitrogens with zero attached hydrogens (tertiary/aromatic N) is 3. The molecule has 17 heavy (non-hydrogen) atoms. The van der Waals surface area contributed by atoms with Gasteiger partial charge in [-0.3, -0.25) is 0 Å². The molecule has 0 aromatic carbocycles. The Kier molecular flexibility index (Phi) is 4.36. The largest absolute Gasteiger partial charge is 0.463 e. The molecule has 6 heteroatoms. The molecule has 0 bridgehead atoms. The molecule has 1 aliphatic carbocycles. The van der Waals surface area contributed by atoms with Crippen molar-refractivity contribution in [1.82, 2.24) is 15.0 Å². The Balaban J connectivity index is 1.87. The summed E-state index contributed by atoms with van der Waals surface area (Å²) in [6.07, 6.45) is 4.72. The van der Waals surface area contributed by atoms with E-state index < -0.39 is 0 Å². The third-order valence-corrected chi connectivity index (χ3v) is 2.74. The number of rotatable bonds is 7. The molecule has 0 unspecified atom stereocenters. The van der Waals surface area contributed by atoms with Gasteiger partial charge in [0.2, 0.25) is 11.2 Å². The molecule has 0 atom stereocenters. The van der Waals surface area contributed by atoms with E-state index in [1.54, 1.807) is 0 Å². The third kappa shape index (κ3) is 4.34. The highest BCUT2D eigenvalue weighted by Gasteiger charge is 2.21. The van der Waals surface area contributed by atoms with Crippen LogP contribution < -0.4 is 10.1 Å². The highest BCUT2D eigenvalue weighted by molar-refractivity contribution is 6.28. The van der Waals surface area contributed by atoms with E-state index >= 15 is 0 Å². The van der Waals surface area contributed by atoms with Crippen molar-refractivity contribution in [3.05, 3.63) is 5.28 Å². The first-order valence-corrected chi connectivity index (χ1v) is 6.44. The highest BCUT2D eigenvalue weighted by Crippen LogP contribution is 2.32. The molecular formula is C11H17ClN4O. The van der Waals surface area contributed by atoms with Gasteiger partial charge in [0, 0.05) is 6.54 Å². The Labute approximate surface area is 106 Å². The highest BCUT2D eigenvalue weighted by atomic mass is 35.5. The van der Waals surface area contributed by atoms with Gasteiger partial charge in [0.15, 0.2) is 0 Å². The number of hydrogen-bond donors (Lipinski definition) is 1. The number of nitrogens with one attached hydrogen (secondary N) is 1. The van der Waals surface area contributed by atoms with Gasteiger partial charge in [0.1, 0.15) is 0 Å². The van der Waals surface area contributed by atoms with Crippen LogP contribution in [-0.4, -0.2) is 28.1 Å². The Morgan fingerprint density at radius 2 is 2.18 bits per heavy atom. The van der Waals surface area contributed by atoms with E-state index in [0.717, 1.165) is 25.3 Å². The molecule has 94 valence electrons. The molecule has 5 nitrogen and oxygen atoms in total. The number of halogens is 1. The predicted molar refractivity (Wildman–Crippen MR) is 66.5 cm³/mol. The fourth-order valence-electron chi connectivity index (χ4n) is 1.44. The topological polar surface area (TPSA) is 59.9 Å². The minimum absolute atomic E-state index is 0.167. The van der Waals surface area contributed by atoms with Gasteiger partial charge in [0.25, 0.3) is 0 Å². The summed E-state index contributed by atoms with van der Waals surface area (Å²) in [5.41, 5.74) is 0. The minimum Gasteiger partial charge on any atom is -0.463 e. The molecule has 0 amide bonds. The van der Waals surface area contributed by atoms with Crippen LogP contribution in [0.3, 0.4) is 0 Å². The quantitative estimate of drug-likeness (QED) is 0.812. The number of hydrogen-bond acceptors (Lipinski definition) is 5. The van der Waals surface area contributed by atoms with E-state index in [-0.39, 0.29) is 5.28 Å². The summed E-state index contributed by atoms with van der Waals surface area (Å²) in [6, 6.07) is 0.309. The third-order valence-electron chi connectivity index (χ3n) is 2.57. The van der Waals surface area contributed by atoms with E-state index in [1.165, 1.54) is 12.8 Å². The van der Waals surface area contributed by atoms with Crippen molar-refractivity contribution in [3.63, 3.8) is 0 Å². The molecule has 0 aliphatic heterocycles. The van der Waals surface area contributed by atoms with Gasteiger partial charge in [-0.05, 0) is 30.4 Å².